The largest absolute Gasteiger partial charge is 0.508 e. The predicted molar refractivity (Wildman–Crippen MR) is 76.8 cm³/mol. The molecular weight excluding hydrogens is 270 g/mol. The fourth-order valence-electron chi connectivity index (χ4n) is 2.46. The third kappa shape index (κ3) is 2.23. The predicted octanol–water partition coefficient (Wildman–Crippen LogP) is 2.33. The van der Waals surface area contributed by atoms with Gasteiger partial charge in [0.1, 0.15) is 11.5 Å². The van der Waals surface area contributed by atoms with Crippen LogP contribution in [0.15, 0.2) is 42.5 Å². The molecule has 2 aromatic rings. The van der Waals surface area contributed by atoms with Crippen LogP contribution >= 0.6 is 0 Å². The van der Waals surface area contributed by atoms with E-state index in [1.807, 2.05) is 0 Å². The summed E-state index contributed by atoms with van der Waals surface area (Å²) in [6.07, 6.45) is 0.238. The first-order valence-electron chi connectivity index (χ1n) is 6.54. The molecule has 21 heavy (non-hydrogen) atoms. The van der Waals surface area contributed by atoms with Crippen LogP contribution in [0.1, 0.15) is 27.1 Å². The lowest BCUT2D eigenvalue weighted by Gasteiger charge is -2.28. The van der Waals surface area contributed by atoms with Gasteiger partial charge in [0.15, 0.2) is 5.78 Å². The van der Waals surface area contributed by atoms with Crippen LogP contribution in [-0.4, -0.2) is 28.4 Å². The highest BCUT2D eigenvalue weighted by Crippen LogP contribution is 2.31. The molecule has 106 valence electrons. The molecule has 2 aromatic carbocycles. The van der Waals surface area contributed by atoms with Gasteiger partial charge in [-0.3, -0.25) is 9.59 Å². The van der Waals surface area contributed by atoms with Crippen LogP contribution in [0.3, 0.4) is 0 Å². The Bertz CT molecular complexity index is 739. The SMILES string of the molecule is O=C1CCN(C(=O)c2cc(O)ccc2O)c2ccccc21. The lowest BCUT2D eigenvalue weighted by molar-refractivity contribution is 0.0954. The second kappa shape index (κ2) is 4.94. The van der Waals surface area contributed by atoms with Crippen LogP contribution in [0.5, 0.6) is 11.5 Å². The number of carbonyl (C=O) groups excluding carboxylic acids is 2. The number of amides is 1. The van der Waals surface area contributed by atoms with Crippen LogP contribution in [0.25, 0.3) is 0 Å². The van der Waals surface area contributed by atoms with Gasteiger partial charge in [-0.1, -0.05) is 12.1 Å². The molecule has 0 saturated carbocycles. The molecule has 1 amide bonds. The fourth-order valence-corrected chi connectivity index (χ4v) is 2.46. The summed E-state index contributed by atoms with van der Waals surface area (Å²) in [5.41, 5.74) is 1.04. The molecule has 3 rings (SSSR count). The molecule has 0 spiro atoms. The zero-order valence-electron chi connectivity index (χ0n) is 11.1. The van der Waals surface area contributed by atoms with Crippen molar-refractivity contribution in [1.29, 1.82) is 0 Å². The van der Waals surface area contributed by atoms with Gasteiger partial charge in [0, 0.05) is 18.5 Å². The van der Waals surface area contributed by atoms with Gasteiger partial charge in [0.25, 0.3) is 5.91 Å². The number of hydrogen-bond acceptors (Lipinski definition) is 4. The van der Waals surface area contributed by atoms with Crippen LogP contribution in [0.2, 0.25) is 0 Å². The Hall–Kier alpha value is -2.82. The zero-order chi connectivity index (χ0) is 15.0. The number of ketones is 1. The minimum Gasteiger partial charge on any atom is -0.508 e. The number of nitrogens with zero attached hydrogens (tertiary/aromatic N) is 1. The van der Waals surface area contributed by atoms with E-state index in [1.165, 1.54) is 23.1 Å². The number of benzene rings is 2. The summed E-state index contributed by atoms with van der Waals surface area (Å²) in [5, 5.41) is 19.3. The minimum absolute atomic E-state index is 0.00483. The molecule has 1 aliphatic heterocycles. The molecule has 5 heteroatoms. The van der Waals surface area contributed by atoms with Crippen molar-refractivity contribution in [2.24, 2.45) is 0 Å². The van der Waals surface area contributed by atoms with Crippen LogP contribution in [0, 0.1) is 0 Å². The molecule has 0 aromatic heterocycles. The van der Waals surface area contributed by atoms with Gasteiger partial charge in [0.05, 0.1) is 11.3 Å². The Morgan fingerprint density at radius 3 is 2.67 bits per heavy atom. The van der Waals surface area contributed by atoms with Crippen molar-refractivity contribution in [3.05, 3.63) is 53.6 Å². The Morgan fingerprint density at radius 2 is 1.86 bits per heavy atom. The molecule has 5 nitrogen and oxygen atoms in total. The standard InChI is InChI=1S/C16H13NO4/c18-10-5-6-14(19)12(9-10)16(21)17-8-7-15(20)11-3-1-2-4-13(11)17/h1-6,9,18-19H,7-8H2. The van der Waals surface area contributed by atoms with Gasteiger partial charge in [-0.2, -0.15) is 0 Å². The fraction of sp³-hybridized carbons (Fsp3) is 0.125. The van der Waals surface area contributed by atoms with E-state index in [0.717, 1.165) is 0 Å². The van der Waals surface area contributed by atoms with Crippen LogP contribution < -0.4 is 4.90 Å². The van der Waals surface area contributed by atoms with E-state index >= 15 is 0 Å². The average molecular weight is 283 g/mol. The Kier molecular flexibility index (Phi) is 3.10. The molecule has 1 aliphatic rings. The van der Waals surface area contributed by atoms with E-state index in [4.69, 9.17) is 0 Å². The summed E-state index contributed by atoms with van der Waals surface area (Å²) in [7, 11) is 0. The molecule has 0 bridgehead atoms. The quantitative estimate of drug-likeness (QED) is 0.787. The van der Waals surface area contributed by atoms with Crippen molar-refractivity contribution >= 4 is 17.4 Å². The first kappa shape index (κ1) is 13.2. The average Bonchev–Trinajstić information content (AvgIpc) is 2.50. The van der Waals surface area contributed by atoms with Crippen LogP contribution in [0.4, 0.5) is 5.69 Å². The van der Waals surface area contributed by atoms with Gasteiger partial charge in [0.2, 0.25) is 0 Å². The Labute approximate surface area is 121 Å². The normalized spacial score (nSPS) is 13.9. The van der Waals surface area contributed by atoms with Gasteiger partial charge in [-0.15, -0.1) is 0 Å². The molecule has 0 atom stereocenters. The van der Waals surface area contributed by atoms with E-state index in [1.54, 1.807) is 24.3 Å². The molecule has 0 radical (unpaired) electrons. The monoisotopic (exact) mass is 283 g/mol. The summed E-state index contributed by atoms with van der Waals surface area (Å²) in [4.78, 5) is 25.9. The summed E-state index contributed by atoms with van der Waals surface area (Å²) in [6, 6.07) is 10.7. The van der Waals surface area contributed by atoms with Crippen molar-refractivity contribution in [2.45, 2.75) is 6.42 Å². The first-order valence-corrected chi connectivity index (χ1v) is 6.54. The highest BCUT2D eigenvalue weighted by atomic mass is 16.3. The summed E-state index contributed by atoms with van der Waals surface area (Å²) < 4.78 is 0. The maximum absolute atomic E-state index is 12.6. The van der Waals surface area contributed by atoms with Crippen molar-refractivity contribution < 1.29 is 19.8 Å². The maximum atomic E-state index is 12.6. The Morgan fingerprint density at radius 1 is 1.10 bits per heavy atom. The van der Waals surface area contributed by atoms with E-state index in [-0.39, 0.29) is 35.8 Å². The number of Topliss-reactive ketones (excluding diaryl/α,β-unsaturated/α-hetero) is 1. The first-order chi connectivity index (χ1) is 10.1. The highest BCUT2D eigenvalue weighted by Gasteiger charge is 2.28. The number of phenols is 2. The van der Waals surface area contributed by atoms with Crippen molar-refractivity contribution in [1.82, 2.24) is 0 Å². The van der Waals surface area contributed by atoms with Crippen molar-refractivity contribution in [3.8, 4) is 11.5 Å². The molecule has 2 N–H and O–H groups in total. The van der Waals surface area contributed by atoms with E-state index in [9.17, 15) is 19.8 Å². The van der Waals surface area contributed by atoms with Crippen molar-refractivity contribution in [2.75, 3.05) is 11.4 Å². The van der Waals surface area contributed by atoms with Gasteiger partial charge in [-0.25, -0.2) is 0 Å². The summed E-state index contributed by atoms with van der Waals surface area (Å²) >= 11 is 0. The molecule has 0 fully saturated rings. The van der Waals surface area contributed by atoms with Gasteiger partial charge in [-0.05, 0) is 30.3 Å². The zero-order valence-corrected chi connectivity index (χ0v) is 11.1. The van der Waals surface area contributed by atoms with Gasteiger partial charge < -0.3 is 15.1 Å². The topological polar surface area (TPSA) is 77.8 Å². The minimum atomic E-state index is -0.441. The smallest absolute Gasteiger partial charge is 0.262 e. The third-order valence-electron chi connectivity index (χ3n) is 3.51. The molecule has 1 heterocycles. The number of hydrogen-bond donors (Lipinski definition) is 2. The number of phenolic OH excluding ortho intramolecular Hbond substituents is 2. The molecule has 0 unspecified atom stereocenters. The van der Waals surface area contributed by atoms with E-state index < -0.39 is 5.91 Å². The Balaban J connectivity index is 2.05. The molecule has 0 saturated heterocycles. The molecule has 0 aliphatic carbocycles. The van der Waals surface area contributed by atoms with E-state index in [0.29, 0.717) is 11.3 Å². The van der Waals surface area contributed by atoms with Crippen molar-refractivity contribution in [3.63, 3.8) is 0 Å². The second-order valence-electron chi connectivity index (χ2n) is 4.85. The number of aromatic hydroxyl groups is 2. The number of rotatable bonds is 1. The second-order valence-corrected chi connectivity index (χ2v) is 4.85. The number of carbonyl (C=O) groups is 2. The number of fused-ring (bicyclic) bond motifs is 1. The summed E-state index contributed by atoms with van der Waals surface area (Å²) in [5.74, 6) is -0.747. The lowest BCUT2D eigenvalue weighted by atomic mass is 9.99. The summed E-state index contributed by atoms with van der Waals surface area (Å²) in [6.45, 7) is 0.254. The lowest BCUT2D eigenvalue weighted by Crippen LogP contribution is -2.37. The number of para-hydroxylation sites is 1. The third-order valence-corrected chi connectivity index (χ3v) is 3.51. The highest BCUT2D eigenvalue weighted by molar-refractivity contribution is 6.14. The van der Waals surface area contributed by atoms with Crippen LogP contribution in [-0.2, 0) is 0 Å². The van der Waals surface area contributed by atoms with Gasteiger partial charge >= 0.3 is 0 Å². The maximum Gasteiger partial charge on any atom is 0.262 e. The molecular formula is C16H13NO4. The van der Waals surface area contributed by atoms with E-state index in [2.05, 4.69) is 0 Å². The number of anilines is 1.